The zero-order chi connectivity index (χ0) is 10.7. The SMILES string of the molecule is COc1c[nH]cc1Cc1ccc(F)cc1. The number of hydrogen-bond acceptors (Lipinski definition) is 1. The normalized spacial score (nSPS) is 10.3. The molecule has 0 radical (unpaired) electrons. The fourth-order valence-electron chi connectivity index (χ4n) is 1.53. The molecule has 0 amide bonds. The van der Waals surface area contributed by atoms with Gasteiger partial charge in [0, 0.05) is 24.4 Å². The standard InChI is InChI=1S/C12H12FNO/c1-15-12-8-14-7-10(12)6-9-2-4-11(13)5-3-9/h2-5,7-8,14H,6H2,1H3. The second-order valence-electron chi connectivity index (χ2n) is 3.35. The molecule has 0 aliphatic rings. The molecule has 2 nitrogen and oxygen atoms in total. The van der Waals surface area contributed by atoms with Crippen LogP contribution in [0.1, 0.15) is 11.1 Å². The summed E-state index contributed by atoms with van der Waals surface area (Å²) in [6.07, 6.45) is 4.44. The van der Waals surface area contributed by atoms with E-state index in [4.69, 9.17) is 4.74 Å². The van der Waals surface area contributed by atoms with Gasteiger partial charge in [-0.25, -0.2) is 4.39 Å². The lowest BCUT2D eigenvalue weighted by molar-refractivity contribution is 0.411. The summed E-state index contributed by atoms with van der Waals surface area (Å²) in [5.41, 5.74) is 2.14. The fraction of sp³-hybridized carbons (Fsp3) is 0.167. The number of hydrogen-bond donors (Lipinski definition) is 1. The van der Waals surface area contributed by atoms with Crippen molar-refractivity contribution < 1.29 is 9.13 Å². The van der Waals surface area contributed by atoms with Crippen LogP contribution in [0.2, 0.25) is 0 Å². The lowest BCUT2D eigenvalue weighted by Crippen LogP contribution is -1.90. The number of benzene rings is 1. The monoisotopic (exact) mass is 205 g/mol. The maximum absolute atomic E-state index is 12.7. The highest BCUT2D eigenvalue weighted by Gasteiger charge is 2.04. The van der Waals surface area contributed by atoms with Crippen LogP contribution in [-0.2, 0) is 6.42 Å². The lowest BCUT2D eigenvalue weighted by atomic mass is 10.1. The van der Waals surface area contributed by atoms with Crippen molar-refractivity contribution in [2.24, 2.45) is 0 Å². The zero-order valence-corrected chi connectivity index (χ0v) is 8.46. The number of H-pyrrole nitrogens is 1. The zero-order valence-electron chi connectivity index (χ0n) is 8.46. The maximum Gasteiger partial charge on any atom is 0.139 e. The fourth-order valence-corrected chi connectivity index (χ4v) is 1.53. The van der Waals surface area contributed by atoms with E-state index in [0.717, 1.165) is 23.3 Å². The number of aromatic amines is 1. The average Bonchev–Trinajstić information content (AvgIpc) is 2.69. The Morgan fingerprint density at radius 2 is 1.93 bits per heavy atom. The third-order valence-electron chi connectivity index (χ3n) is 2.32. The number of halogens is 1. The molecule has 1 aromatic heterocycles. The van der Waals surface area contributed by atoms with Gasteiger partial charge in [-0.2, -0.15) is 0 Å². The summed E-state index contributed by atoms with van der Waals surface area (Å²) in [6.45, 7) is 0. The van der Waals surface area contributed by atoms with Gasteiger partial charge in [0.2, 0.25) is 0 Å². The molecule has 0 bridgehead atoms. The first kappa shape index (κ1) is 9.77. The first-order valence-electron chi connectivity index (χ1n) is 4.73. The Kier molecular flexibility index (Phi) is 2.72. The molecule has 2 rings (SSSR count). The molecule has 0 atom stereocenters. The molecule has 0 fully saturated rings. The van der Waals surface area contributed by atoms with Gasteiger partial charge in [-0.1, -0.05) is 12.1 Å². The summed E-state index contributed by atoms with van der Waals surface area (Å²) in [5.74, 6) is 0.624. The molecule has 1 heterocycles. The molecule has 1 aromatic carbocycles. The summed E-state index contributed by atoms with van der Waals surface area (Å²) in [5, 5.41) is 0. The molecule has 1 N–H and O–H groups in total. The molecule has 2 aromatic rings. The van der Waals surface area contributed by atoms with Crippen molar-refractivity contribution in [1.29, 1.82) is 0 Å². The van der Waals surface area contributed by atoms with E-state index >= 15 is 0 Å². The van der Waals surface area contributed by atoms with Crippen LogP contribution in [0.5, 0.6) is 5.75 Å². The second kappa shape index (κ2) is 4.17. The minimum atomic E-state index is -0.209. The van der Waals surface area contributed by atoms with Gasteiger partial charge in [0.15, 0.2) is 0 Å². The Labute approximate surface area is 87.7 Å². The Morgan fingerprint density at radius 3 is 2.60 bits per heavy atom. The predicted octanol–water partition coefficient (Wildman–Crippen LogP) is 2.75. The molecule has 0 spiro atoms. The minimum absolute atomic E-state index is 0.209. The molecule has 0 aliphatic carbocycles. The molecule has 0 aliphatic heterocycles. The molecular formula is C12H12FNO. The maximum atomic E-state index is 12.7. The highest BCUT2D eigenvalue weighted by Crippen LogP contribution is 2.20. The van der Waals surface area contributed by atoms with Crippen molar-refractivity contribution in [1.82, 2.24) is 4.98 Å². The average molecular weight is 205 g/mol. The summed E-state index contributed by atoms with van der Waals surface area (Å²) < 4.78 is 17.9. The topological polar surface area (TPSA) is 25.0 Å². The Morgan fingerprint density at radius 1 is 1.20 bits per heavy atom. The van der Waals surface area contributed by atoms with E-state index in [9.17, 15) is 4.39 Å². The van der Waals surface area contributed by atoms with Crippen molar-refractivity contribution in [2.75, 3.05) is 7.11 Å². The lowest BCUT2D eigenvalue weighted by Gasteiger charge is -2.02. The molecule has 0 unspecified atom stereocenters. The van der Waals surface area contributed by atoms with Crippen molar-refractivity contribution >= 4 is 0 Å². The number of aromatic nitrogens is 1. The Hall–Kier alpha value is -1.77. The van der Waals surface area contributed by atoms with Crippen molar-refractivity contribution in [3.05, 3.63) is 53.6 Å². The summed E-state index contributed by atoms with van der Waals surface area (Å²) in [6, 6.07) is 6.49. The minimum Gasteiger partial charge on any atom is -0.495 e. The Balaban J connectivity index is 2.18. The van der Waals surface area contributed by atoms with Crippen LogP contribution in [0.4, 0.5) is 4.39 Å². The van der Waals surface area contributed by atoms with E-state index in [1.165, 1.54) is 12.1 Å². The summed E-state index contributed by atoms with van der Waals surface area (Å²) in [4.78, 5) is 2.98. The van der Waals surface area contributed by atoms with Gasteiger partial charge in [-0.15, -0.1) is 0 Å². The summed E-state index contributed by atoms with van der Waals surface area (Å²) in [7, 11) is 1.64. The molecule has 3 heteroatoms. The van der Waals surface area contributed by atoms with Crippen molar-refractivity contribution in [3.63, 3.8) is 0 Å². The molecule has 0 saturated carbocycles. The number of nitrogens with one attached hydrogen (secondary N) is 1. The van der Waals surface area contributed by atoms with Gasteiger partial charge >= 0.3 is 0 Å². The van der Waals surface area contributed by atoms with E-state index in [1.54, 1.807) is 25.4 Å². The second-order valence-corrected chi connectivity index (χ2v) is 3.35. The van der Waals surface area contributed by atoms with Gasteiger partial charge in [0.05, 0.1) is 7.11 Å². The van der Waals surface area contributed by atoms with Crippen LogP contribution in [0.3, 0.4) is 0 Å². The van der Waals surface area contributed by atoms with Gasteiger partial charge in [0.1, 0.15) is 11.6 Å². The van der Waals surface area contributed by atoms with Gasteiger partial charge in [-0.3, -0.25) is 0 Å². The van der Waals surface area contributed by atoms with Crippen molar-refractivity contribution in [3.8, 4) is 5.75 Å². The van der Waals surface area contributed by atoms with Crippen LogP contribution >= 0.6 is 0 Å². The van der Waals surface area contributed by atoms with E-state index < -0.39 is 0 Å². The first-order chi connectivity index (χ1) is 7.29. The van der Waals surface area contributed by atoms with E-state index in [-0.39, 0.29) is 5.82 Å². The largest absolute Gasteiger partial charge is 0.495 e. The molecule has 15 heavy (non-hydrogen) atoms. The van der Waals surface area contributed by atoms with Crippen LogP contribution in [0.25, 0.3) is 0 Å². The number of methoxy groups -OCH3 is 1. The highest BCUT2D eigenvalue weighted by molar-refractivity contribution is 5.35. The third-order valence-corrected chi connectivity index (χ3v) is 2.32. The molecule has 0 saturated heterocycles. The summed E-state index contributed by atoms with van der Waals surface area (Å²) >= 11 is 0. The quantitative estimate of drug-likeness (QED) is 0.818. The number of ether oxygens (including phenoxy) is 1. The predicted molar refractivity (Wildman–Crippen MR) is 56.6 cm³/mol. The Bertz CT molecular complexity index is 433. The van der Waals surface area contributed by atoms with Gasteiger partial charge < -0.3 is 9.72 Å². The van der Waals surface area contributed by atoms with Crippen LogP contribution in [0.15, 0.2) is 36.7 Å². The van der Waals surface area contributed by atoms with Crippen LogP contribution in [0, 0.1) is 5.82 Å². The van der Waals surface area contributed by atoms with Crippen LogP contribution < -0.4 is 4.74 Å². The van der Waals surface area contributed by atoms with E-state index in [2.05, 4.69) is 4.98 Å². The van der Waals surface area contributed by atoms with Gasteiger partial charge in [0.25, 0.3) is 0 Å². The van der Waals surface area contributed by atoms with E-state index in [1.807, 2.05) is 6.20 Å². The number of rotatable bonds is 3. The van der Waals surface area contributed by atoms with E-state index in [0.29, 0.717) is 0 Å². The highest BCUT2D eigenvalue weighted by atomic mass is 19.1. The van der Waals surface area contributed by atoms with Crippen molar-refractivity contribution in [2.45, 2.75) is 6.42 Å². The first-order valence-corrected chi connectivity index (χ1v) is 4.73. The molecule has 78 valence electrons. The third kappa shape index (κ3) is 2.18. The molecular weight excluding hydrogens is 193 g/mol. The van der Waals surface area contributed by atoms with Crippen LogP contribution in [-0.4, -0.2) is 12.1 Å². The smallest absolute Gasteiger partial charge is 0.139 e. The van der Waals surface area contributed by atoms with Gasteiger partial charge in [-0.05, 0) is 17.7 Å².